The molecule has 96 valence electrons. The first-order chi connectivity index (χ1) is 8.47. The molecule has 0 aliphatic heterocycles. The van der Waals surface area contributed by atoms with Crippen molar-refractivity contribution in [3.63, 3.8) is 0 Å². The second kappa shape index (κ2) is 6.06. The number of carboxylic acids is 1. The molecule has 0 saturated heterocycles. The second-order valence-corrected chi connectivity index (χ2v) is 4.50. The zero-order valence-corrected chi connectivity index (χ0v) is 11.0. The summed E-state index contributed by atoms with van der Waals surface area (Å²) in [5, 5.41) is 17.7. The molecule has 0 atom stereocenters. The first kappa shape index (κ1) is 14.0. The van der Waals surface area contributed by atoms with Crippen molar-refractivity contribution < 1.29 is 9.90 Å². The zero-order chi connectivity index (χ0) is 13.7. The summed E-state index contributed by atoms with van der Waals surface area (Å²) >= 11 is 0. The minimum atomic E-state index is -0.910. The molecule has 0 heterocycles. The van der Waals surface area contributed by atoms with Gasteiger partial charge < -0.3 is 10.0 Å². The predicted octanol–water partition coefficient (Wildman–Crippen LogP) is 2.82. The number of aryl methyl sites for hydroxylation is 1. The van der Waals surface area contributed by atoms with Gasteiger partial charge in [-0.2, -0.15) is 5.26 Å². The fraction of sp³-hybridized carbons (Fsp3) is 0.429. The highest BCUT2D eigenvalue weighted by molar-refractivity contribution is 5.89. The van der Waals surface area contributed by atoms with Crippen molar-refractivity contribution in [1.29, 1.82) is 5.26 Å². The molecule has 18 heavy (non-hydrogen) atoms. The lowest BCUT2D eigenvalue weighted by Crippen LogP contribution is -2.31. The lowest BCUT2D eigenvalue weighted by molar-refractivity contribution is 0.0696. The number of nitrogens with zero attached hydrogens (tertiary/aromatic N) is 2. The first-order valence-corrected chi connectivity index (χ1v) is 5.95. The van der Waals surface area contributed by atoms with E-state index >= 15 is 0 Å². The van der Waals surface area contributed by atoms with Crippen LogP contribution in [0.4, 0.5) is 5.69 Å². The molecule has 1 aromatic rings. The van der Waals surface area contributed by atoms with Gasteiger partial charge >= 0.3 is 5.97 Å². The first-order valence-electron chi connectivity index (χ1n) is 5.95. The van der Waals surface area contributed by atoms with Gasteiger partial charge in [0.2, 0.25) is 0 Å². The fourth-order valence-electron chi connectivity index (χ4n) is 1.92. The van der Waals surface area contributed by atoms with E-state index in [2.05, 4.69) is 24.8 Å². The Balaban J connectivity index is 3.03. The number of carbonyl (C=O) groups is 1. The highest BCUT2D eigenvalue weighted by Gasteiger charge is 2.13. The van der Waals surface area contributed by atoms with Crippen LogP contribution >= 0.6 is 0 Å². The molecule has 0 spiro atoms. The maximum absolute atomic E-state index is 11.0. The number of aromatic carboxylic acids is 1. The van der Waals surface area contributed by atoms with Gasteiger partial charge in [-0.3, -0.25) is 0 Å². The van der Waals surface area contributed by atoms with Gasteiger partial charge in [-0.25, -0.2) is 4.79 Å². The van der Waals surface area contributed by atoms with Crippen molar-refractivity contribution in [2.45, 2.75) is 33.2 Å². The van der Waals surface area contributed by atoms with Crippen LogP contribution in [0, 0.1) is 18.3 Å². The predicted molar refractivity (Wildman–Crippen MR) is 70.9 cm³/mol. The number of anilines is 1. The molecule has 0 fully saturated rings. The van der Waals surface area contributed by atoms with Gasteiger partial charge in [-0.05, 0) is 44.5 Å². The van der Waals surface area contributed by atoms with Crippen molar-refractivity contribution in [2.75, 3.05) is 11.4 Å². The van der Waals surface area contributed by atoms with Crippen molar-refractivity contribution in [1.82, 2.24) is 0 Å². The molecule has 4 nitrogen and oxygen atoms in total. The van der Waals surface area contributed by atoms with Crippen LogP contribution in [0.25, 0.3) is 0 Å². The van der Waals surface area contributed by atoms with Gasteiger partial charge in [0, 0.05) is 18.3 Å². The van der Waals surface area contributed by atoms with Crippen LogP contribution in [0.5, 0.6) is 0 Å². The van der Waals surface area contributed by atoms with Crippen LogP contribution in [-0.2, 0) is 0 Å². The molecule has 1 N–H and O–H groups in total. The summed E-state index contributed by atoms with van der Waals surface area (Å²) in [6, 6.07) is 7.68. The normalized spacial score (nSPS) is 10.2. The summed E-state index contributed by atoms with van der Waals surface area (Å²) < 4.78 is 0. The average molecular weight is 246 g/mol. The summed E-state index contributed by atoms with van der Waals surface area (Å²) in [6.07, 6.45) is 0.456. The molecular weight excluding hydrogens is 228 g/mol. The second-order valence-electron chi connectivity index (χ2n) is 4.50. The SMILES string of the molecule is Cc1cc(N(CCC#N)C(C)C)ccc1C(=O)O. The Bertz CT molecular complexity index is 475. The number of hydrogen-bond donors (Lipinski definition) is 1. The van der Waals surface area contributed by atoms with Crippen molar-refractivity contribution in [3.05, 3.63) is 29.3 Å². The van der Waals surface area contributed by atoms with Crippen LogP contribution in [0.15, 0.2) is 18.2 Å². The summed E-state index contributed by atoms with van der Waals surface area (Å²) in [5.74, 6) is -0.910. The summed E-state index contributed by atoms with van der Waals surface area (Å²) in [6.45, 7) is 6.55. The summed E-state index contributed by atoms with van der Waals surface area (Å²) in [4.78, 5) is 13.1. The Morgan fingerprint density at radius 2 is 2.17 bits per heavy atom. The molecule has 0 aliphatic carbocycles. The smallest absolute Gasteiger partial charge is 0.335 e. The number of benzene rings is 1. The van der Waals surface area contributed by atoms with E-state index in [-0.39, 0.29) is 6.04 Å². The van der Waals surface area contributed by atoms with E-state index in [0.29, 0.717) is 18.5 Å². The number of nitriles is 1. The number of hydrogen-bond acceptors (Lipinski definition) is 3. The topological polar surface area (TPSA) is 64.3 Å². The summed E-state index contributed by atoms with van der Waals surface area (Å²) in [5.41, 5.74) is 2.02. The monoisotopic (exact) mass is 246 g/mol. The molecule has 0 radical (unpaired) electrons. The standard InChI is InChI=1S/C14H18N2O2/c1-10(2)16(8-4-7-15)12-5-6-13(14(17)18)11(3)9-12/h5-6,9-10H,4,8H2,1-3H3,(H,17,18). The van der Waals surface area contributed by atoms with Gasteiger partial charge in [0.15, 0.2) is 0 Å². The van der Waals surface area contributed by atoms with Crippen molar-refractivity contribution >= 4 is 11.7 Å². The van der Waals surface area contributed by atoms with Crippen LogP contribution < -0.4 is 4.90 Å². The van der Waals surface area contributed by atoms with Crippen LogP contribution in [0.1, 0.15) is 36.2 Å². The zero-order valence-electron chi connectivity index (χ0n) is 11.0. The van der Waals surface area contributed by atoms with Crippen molar-refractivity contribution in [2.24, 2.45) is 0 Å². The van der Waals surface area contributed by atoms with Crippen LogP contribution in [0.3, 0.4) is 0 Å². The van der Waals surface area contributed by atoms with E-state index in [1.165, 1.54) is 0 Å². The Hall–Kier alpha value is -2.02. The molecule has 1 aromatic carbocycles. The van der Waals surface area contributed by atoms with E-state index in [0.717, 1.165) is 11.3 Å². The number of carboxylic acid groups (broad SMARTS) is 1. The largest absolute Gasteiger partial charge is 0.478 e. The minimum absolute atomic E-state index is 0.272. The Morgan fingerprint density at radius 3 is 2.61 bits per heavy atom. The van der Waals surface area contributed by atoms with Gasteiger partial charge in [0.25, 0.3) is 0 Å². The molecule has 0 amide bonds. The third kappa shape index (κ3) is 3.24. The van der Waals surface area contributed by atoms with E-state index in [9.17, 15) is 4.79 Å². The minimum Gasteiger partial charge on any atom is -0.478 e. The van der Waals surface area contributed by atoms with Gasteiger partial charge in [-0.15, -0.1) is 0 Å². The van der Waals surface area contributed by atoms with E-state index < -0.39 is 5.97 Å². The van der Waals surface area contributed by atoms with E-state index in [4.69, 9.17) is 10.4 Å². The third-order valence-corrected chi connectivity index (χ3v) is 2.86. The Labute approximate surface area is 107 Å². The highest BCUT2D eigenvalue weighted by Crippen LogP contribution is 2.21. The lowest BCUT2D eigenvalue weighted by Gasteiger charge is -2.28. The third-order valence-electron chi connectivity index (χ3n) is 2.86. The van der Waals surface area contributed by atoms with Crippen LogP contribution in [0.2, 0.25) is 0 Å². The highest BCUT2D eigenvalue weighted by atomic mass is 16.4. The summed E-state index contributed by atoms with van der Waals surface area (Å²) in [7, 11) is 0. The lowest BCUT2D eigenvalue weighted by atomic mass is 10.1. The Morgan fingerprint density at radius 1 is 1.50 bits per heavy atom. The number of rotatable bonds is 5. The molecule has 0 aromatic heterocycles. The fourth-order valence-corrected chi connectivity index (χ4v) is 1.92. The molecule has 1 rings (SSSR count). The van der Waals surface area contributed by atoms with Gasteiger partial charge in [-0.1, -0.05) is 0 Å². The molecule has 0 saturated carbocycles. The molecule has 0 unspecified atom stereocenters. The molecular formula is C14H18N2O2. The van der Waals surface area contributed by atoms with Gasteiger partial charge in [0.1, 0.15) is 0 Å². The van der Waals surface area contributed by atoms with E-state index in [1.54, 1.807) is 19.1 Å². The average Bonchev–Trinajstić information content (AvgIpc) is 2.28. The quantitative estimate of drug-likeness (QED) is 0.867. The van der Waals surface area contributed by atoms with Gasteiger partial charge in [0.05, 0.1) is 18.1 Å². The van der Waals surface area contributed by atoms with Crippen molar-refractivity contribution in [3.8, 4) is 6.07 Å². The maximum Gasteiger partial charge on any atom is 0.335 e. The molecule has 0 bridgehead atoms. The maximum atomic E-state index is 11.0. The van der Waals surface area contributed by atoms with Crippen LogP contribution in [-0.4, -0.2) is 23.7 Å². The molecule has 4 heteroatoms. The molecule has 0 aliphatic rings. The Kier molecular flexibility index (Phi) is 4.73. The van der Waals surface area contributed by atoms with E-state index in [1.807, 2.05) is 6.07 Å².